The maximum Gasteiger partial charge on any atom is 0.272 e. The number of aromatic amines is 2. The summed E-state index contributed by atoms with van der Waals surface area (Å²) in [6.07, 6.45) is 3.88. The second kappa shape index (κ2) is 4.75. The molecule has 0 fully saturated rings. The largest absolute Gasteiger partial charge is 0.355 e. The molecular formula is C11H12BrN3O2. The molecule has 0 bridgehead atoms. The zero-order valence-corrected chi connectivity index (χ0v) is 10.8. The van der Waals surface area contributed by atoms with Crippen LogP contribution in [-0.4, -0.2) is 20.7 Å². The molecule has 0 aliphatic rings. The Morgan fingerprint density at radius 1 is 1.53 bits per heavy atom. The Labute approximate surface area is 106 Å². The zero-order valence-electron chi connectivity index (χ0n) is 9.21. The first-order valence-corrected chi connectivity index (χ1v) is 6.18. The number of nitrogens with one attached hydrogen (secondary N) is 3. The number of hydrogen-bond donors (Lipinski definition) is 3. The van der Waals surface area contributed by atoms with Crippen molar-refractivity contribution in [3.8, 4) is 0 Å². The highest BCUT2D eigenvalue weighted by Crippen LogP contribution is 2.20. The highest BCUT2D eigenvalue weighted by Gasteiger charge is 2.14. The average Bonchev–Trinajstić information content (AvgIpc) is 2.73. The Morgan fingerprint density at radius 3 is 3.00 bits per heavy atom. The van der Waals surface area contributed by atoms with Crippen LogP contribution in [0.5, 0.6) is 0 Å². The van der Waals surface area contributed by atoms with Gasteiger partial charge in [0.05, 0.1) is 10.5 Å². The van der Waals surface area contributed by atoms with Gasteiger partial charge in [-0.3, -0.25) is 9.59 Å². The van der Waals surface area contributed by atoms with Crippen molar-refractivity contribution in [2.75, 3.05) is 5.32 Å². The molecule has 90 valence electrons. The van der Waals surface area contributed by atoms with Crippen LogP contribution in [0.1, 0.15) is 13.3 Å². The SMILES string of the molecule is CCC(Br)C(=O)Nc1c[nH]c2c(=O)[nH]ccc12. The van der Waals surface area contributed by atoms with Crippen molar-refractivity contribution in [2.24, 2.45) is 0 Å². The Bertz CT molecular complexity index is 602. The Kier molecular flexibility index (Phi) is 3.33. The second-order valence-corrected chi connectivity index (χ2v) is 4.77. The topological polar surface area (TPSA) is 77.8 Å². The number of carbonyl (C=O) groups is 1. The van der Waals surface area contributed by atoms with Crippen LogP contribution < -0.4 is 10.9 Å². The fourth-order valence-electron chi connectivity index (χ4n) is 1.57. The molecule has 0 aliphatic heterocycles. The van der Waals surface area contributed by atoms with Gasteiger partial charge in [0, 0.05) is 17.8 Å². The molecule has 6 heteroatoms. The number of amides is 1. The number of rotatable bonds is 3. The van der Waals surface area contributed by atoms with E-state index in [1.807, 2.05) is 6.92 Å². The van der Waals surface area contributed by atoms with Gasteiger partial charge in [-0.05, 0) is 12.5 Å². The number of aromatic nitrogens is 2. The van der Waals surface area contributed by atoms with Crippen molar-refractivity contribution in [1.82, 2.24) is 9.97 Å². The summed E-state index contributed by atoms with van der Waals surface area (Å²) in [7, 11) is 0. The molecule has 1 amide bonds. The van der Waals surface area contributed by atoms with Crippen molar-refractivity contribution in [2.45, 2.75) is 18.2 Å². The molecular weight excluding hydrogens is 286 g/mol. The van der Waals surface area contributed by atoms with Gasteiger partial charge in [-0.15, -0.1) is 0 Å². The Balaban J connectivity index is 2.35. The van der Waals surface area contributed by atoms with Gasteiger partial charge in [0.15, 0.2) is 0 Å². The van der Waals surface area contributed by atoms with E-state index in [2.05, 4.69) is 31.2 Å². The lowest BCUT2D eigenvalue weighted by atomic mass is 10.2. The summed E-state index contributed by atoms with van der Waals surface area (Å²) >= 11 is 3.28. The summed E-state index contributed by atoms with van der Waals surface area (Å²) in [6, 6.07) is 1.75. The number of alkyl halides is 1. The molecule has 0 radical (unpaired) electrons. The molecule has 17 heavy (non-hydrogen) atoms. The third-order valence-electron chi connectivity index (χ3n) is 2.51. The van der Waals surface area contributed by atoms with E-state index in [4.69, 9.17) is 0 Å². The number of hydrogen-bond acceptors (Lipinski definition) is 2. The van der Waals surface area contributed by atoms with Gasteiger partial charge >= 0.3 is 0 Å². The molecule has 1 atom stereocenters. The normalized spacial score (nSPS) is 12.6. The van der Waals surface area contributed by atoms with E-state index in [0.29, 0.717) is 23.0 Å². The van der Waals surface area contributed by atoms with E-state index >= 15 is 0 Å². The minimum Gasteiger partial charge on any atom is -0.355 e. The number of fused-ring (bicyclic) bond motifs is 1. The van der Waals surface area contributed by atoms with Crippen LogP contribution >= 0.6 is 15.9 Å². The van der Waals surface area contributed by atoms with Crippen LogP contribution in [0.25, 0.3) is 10.9 Å². The molecule has 0 aromatic carbocycles. The maximum atomic E-state index is 11.7. The standard InChI is InChI=1S/C11H12BrN3O2/c1-2-7(12)10(16)15-8-5-14-9-6(8)3-4-13-11(9)17/h3-5,7,14H,2H2,1H3,(H,13,17)(H,15,16). The molecule has 2 rings (SSSR count). The van der Waals surface area contributed by atoms with Gasteiger partial charge in [-0.25, -0.2) is 0 Å². The third kappa shape index (κ3) is 2.26. The first-order chi connectivity index (χ1) is 8.13. The van der Waals surface area contributed by atoms with Crippen LogP contribution in [0.3, 0.4) is 0 Å². The van der Waals surface area contributed by atoms with Crippen molar-refractivity contribution >= 4 is 38.4 Å². The number of pyridine rings is 1. The molecule has 5 nitrogen and oxygen atoms in total. The molecule has 0 saturated carbocycles. The Morgan fingerprint density at radius 2 is 2.29 bits per heavy atom. The van der Waals surface area contributed by atoms with E-state index in [1.165, 1.54) is 0 Å². The van der Waals surface area contributed by atoms with Crippen LogP contribution in [0.4, 0.5) is 5.69 Å². The van der Waals surface area contributed by atoms with Crippen molar-refractivity contribution in [3.05, 3.63) is 28.8 Å². The van der Waals surface area contributed by atoms with E-state index in [9.17, 15) is 9.59 Å². The number of anilines is 1. The number of halogens is 1. The van der Waals surface area contributed by atoms with Crippen molar-refractivity contribution in [3.63, 3.8) is 0 Å². The fourth-order valence-corrected chi connectivity index (χ4v) is 1.68. The predicted octanol–water partition coefficient (Wildman–Crippen LogP) is 1.97. The smallest absolute Gasteiger partial charge is 0.272 e. The molecule has 2 aromatic rings. The van der Waals surface area contributed by atoms with Crippen LogP contribution in [0.15, 0.2) is 23.3 Å². The third-order valence-corrected chi connectivity index (χ3v) is 3.58. The zero-order chi connectivity index (χ0) is 12.4. The summed E-state index contributed by atoms with van der Waals surface area (Å²) in [4.78, 5) is 28.4. The van der Waals surface area contributed by atoms with Crippen molar-refractivity contribution in [1.29, 1.82) is 0 Å². The minimum absolute atomic E-state index is 0.117. The maximum absolute atomic E-state index is 11.7. The van der Waals surface area contributed by atoms with E-state index in [-0.39, 0.29) is 16.3 Å². The number of carbonyl (C=O) groups excluding carboxylic acids is 1. The minimum atomic E-state index is -0.227. The summed E-state index contributed by atoms with van der Waals surface area (Å²) in [5.74, 6) is -0.117. The Hall–Kier alpha value is -1.56. The highest BCUT2D eigenvalue weighted by molar-refractivity contribution is 9.10. The molecule has 0 saturated heterocycles. The van der Waals surface area contributed by atoms with Gasteiger partial charge < -0.3 is 15.3 Å². The van der Waals surface area contributed by atoms with Gasteiger partial charge in [0.1, 0.15) is 5.52 Å². The molecule has 1 unspecified atom stereocenters. The van der Waals surface area contributed by atoms with Gasteiger partial charge in [0.2, 0.25) is 5.91 Å². The van der Waals surface area contributed by atoms with Crippen LogP contribution in [0.2, 0.25) is 0 Å². The highest BCUT2D eigenvalue weighted by atomic mass is 79.9. The van der Waals surface area contributed by atoms with E-state index < -0.39 is 0 Å². The molecule has 2 aromatic heterocycles. The van der Waals surface area contributed by atoms with Gasteiger partial charge in [-0.2, -0.15) is 0 Å². The lowest BCUT2D eigenvalue weighted by molar-refractivity contribution is -0.115. The van der Waals surface area contributed by atoms with Crippen molar-refractivity contribution < 1.29 is 4.79 Å². The van der Waals surface area contributed by atoms with E-state index in [0.717, 1.165) is 0 Å². The quantitative estimate of drug-likeness (QED) is 0.758. The van der Waals surface area contributed by atoms with E-state index in [1.54, 1.807) is 18.5 Å². The first-order valence-electron chi connectivity index (χ1n) is 5.27. The fraction of sp³-hybridized carbons (Fsp3) is 0.273. The van der Waals surface area contributed by atoms with Gasteiger partial charge in [-0.1, -0.05) is 22.9 Å². The summed E-state index contributed by atoms with van der Waals surface area (Å²) in [6.45, 7) is 1.92. The van der Waals surface area contributed by atoms with Crippen LogP contribution in [-0.2, 0) is 4.79 Å². The second-order valence-electron chi connectivity index (χ2n) is 3.66. The molecule has 0 aliphatic carbocycles. The summed E-state index contributed by atoms with van der Waals surface area (Å²) < 4.78 is 0. The first kappa shape index (κ1) is 11.9. The lowest BCUT2D eigenvalue weighted by Crippen LogP contribution is -2.21. The summed E-state index contributed by atoms with van der Waals surface area (Å²) in [5, 5.41) is 3.48. The van der Waals surface area contributed by atoms with Gasteiger partial charge in [0.25, 0.3) is 5.56 Å². The molecule has 3 N–H and O–H groups in total. The predicted molar refractivity (Wildman–Crippen MR) is 70.6 cm³/mol. The number of H-pyrrole nitrogens is 2. The summed E-state index contributed by atoms with van der Waals surface area (Å²) in [5.41, 5.74) is 0.883. The average molecular weight is 298 g/mol. The van der Waals surface area contributed by atoms with Crippen LogP contribution in [0, 0.1) is 0 Å². The lowest BCUT2D eigenvalue weighted by Gasteiger charge is -2.07. The molecule has 2 heterocycles. The monoisotopic (exact) mass is 297 g/mol. The molecule has 0 spiro atoms.